The first kappa shape index (κ1) is 24.2. The van der Waals surface area contributed by atoms with Crippen LogP contribution in [0.3, 0.4) is 0 Å². The first-order chi connectivity index (χ1) is 18.2. The Morgan fingerprint density at radius 2 is 1.89 bits per heavy atom. The predicted octanol–water partition coefficient (Wildman–Crippen LogP) is 4.67. The topological polar surface area (TPSA) is 93.3 Å². The molecule has 0 saturated heterocycles. The van der Waals surface area contributed by atoms with Gasteiger partial charge in [0.2, 0.25) is 0 Å². The molecule has 2 amide bonds. The van der Waals surface area contributed by atoms with E-state index in [1.807, 2.05) is 21.3 Å². The van der Waals surface area contributed by atoms with Crippen LogP contribution in [-0.4, -0.2) is 43.6 Å². The van der Waals surface area contributed by atoms with Crippen molar-refractivity contribution in [2.45, 2.75) is 38.6 Å². The van der Waals surface area contributed by atoms with Crippen LogP contribution in [0.2, 0.25) is 5.02 Å². The summed E-state index contributed by atoms with van der Waals surface area (Å²) in [5.41, 5.74) is 7.32. The van der Waals surface area contributed by atoms with Crippen molar-refractivity contribution >= 4 is 40.0 Å². The van der Waals surface area contributed by atoms with Crippen LogP contribution in [-0.2, 0) is 12.8 Å². The summed E-state index contributed by atoms with van der Waals surface area (Å²) in [6.07, 6.45) is 6.01. The van der Waals surface area contributed by atoms with Gasteiger partial charge in [-0.3, -0.25) is 14.2 Å². The van der Waals surface area contributed by atoms with Crippen molar-refractivity contribution in [1.29, 1.82) is 0 Å². The van der Waals surface area contributed by atoms with E-state index in [2.05, 4.69) is 41.6 Å². The van der Waals surface area contributed by atoms with Crippen LogP contribution < -0.4 is 10.6 Å². The number of rotatable bonds is 4. The van der Waals surface area contributed by atoms with Gasteiger partial charge in [-0.25, -0.2) is 9.50 Å². The molecule has 0 bridgehead atoms. The number of hydrogen-bond acceptors (Lipinski definition) is 4. The zero-order valence-corrected chi connectivity index (χ0v) is 22.1. The molecule has 0 radical (unpaired) electrons. The second-order valence-electron chi connectivity index (χ2n) is 10.2. The third-order valence-electron chi connectivity index (χ3n) is 7.37. The molecule has 1 unspecified atom stereocenters. The number of amides is 2. The molecule has 3 heterocycles. The minimum absolute atomic E-state index is 0.174. The molecule has 0 spiro atoms. The van der Waals surface area contributed by atoms with Gasteiger partial charge < -0.3 is 10.6 Å². The highest BCUT2D eigenvalue weighted by Gasteiger charge is 2.34. The van der Waals surface area contributed by atoms with Crippen LogP contribution in [0, 0.1) is 6.92 Å². The Morgan fingerprint density at radius 3 is 2.68 bits per heavy atom. The van der Waals surface area contributed by atoms with Gasteiger partial charge in [0.05, 0.1) is 32.8 Å². The van der Waals surface area contributed by atoms with Crippen molar-refractivity contribution in [2.75, 3.05) is 7.05 Å². The summed E-state index contributed by atoms with van der Waals surface area (Å²) in [4.78, 5) is 29.9. The molecular formula is C29H27ClN6O2. The Bertz CT molecular complexity index is 1750. The van der Waals surface area contributed by atoms with Gasteiger partial charge in [-0.15, -0.1) is 0 Å². The van der Waals surface area contributed by atoms with Crippen LogP contribution in [0.4, 0.5) is 0 Å². The number of nitrogens with one attached hydrogen (secondary N) is 2. The average molecular weight is 527 g/mol. The SMILES string of the molecule is CNC(=O)c1ccc2ncn(-c3ccc(C(=O)NC4(C)CCc5nn6cc(C)ccc6c5C4)c(Cl)c3)c2c1. The molecule has 2 aromatic carbocycles. The van der Waals surface area contributed by atoms with E-state index in [0.29, 0.717) is 22.6 Å². The molecule has 1 aliphatic rings. The minimum Gasteiger partial charge on any atom is -0.355 e. The molecule has 0 saturated carbocycles. The second kappa shape index (κ2) is 8.99. The third-order valence-corrected chi connectivity index (χ3v) is 7.68. The largest absolute Gasteiger partial charge is 0.355 e. The van der Waals surface area contributed by atoms with E-state index in [1.165, 1.54) is 5.56 Å². The summed E-state index contributed by atoms with van der Waals surface area (Å²) in [6, 6.07) is 14.8. The van der Waals surface area contributed by atoms with Crippen LogP contribution in [0.25, 0.3) is 22.2 Å². The molecule has 6 rings (SSSR count). The molecular weight excluding hydrogens is 500 g/mol. The maximum absolute atomic E-state index is 13.4. The van der Waals surface area contributed by atoms with E-state index in [0.717, 1.165) is 46.3 Å². The summed E-state index contributed by atoms with van der Waals surface area (Å²) in [5, 5.41) is 11.0. The average Bonchev–Trinajstić information content (AvgIpc) is 3.47. The van der Waals surface area contributed by atoms with Gasteiger partial charge in [-0.1, -0.05) is 17.7 Å². The maximum atomic E-state index is 13.4. The van der Waals surface area contributed by atoms with Gasteiger partial charge in [0.1, 0.15) is 6.33 Å². The van der Waals surface area contributed by atoms with E-state index in [4.69, 9.17) is 16.7 Å². The normalized spacial score (nSPS) is 16.9. The lowest BCUT2D eigenvalue weighted by Gasteiger charge is -2.34. The van der Waals surface area contributed by atoms with Gasteiger partial charge in [0, 0.05) is 35.6 Å². The number of imidazole rings is 1. The summed E-state index contributed by atoms with van der Waals surface area (Å²) in [7, 11) is 1.60. The fourth-order valence-corrected chi connectivity index (χ4v) is 5.56. The smallest absolute Gasteiger partial charge is 0.253 e. The number of benzene rings is 2. The Kier molecular flexibility index (Phi) is 5.72. The third kappa shape index (κ3) is 4.11. The van der Waals surface area contributed by atoms with E-state index in [-0.39, 0.29) is 11.8 Å². The van der Waals surface area contributed by atoms with Crippen molar-refractivity contribution in [3.05, 3.63) is 94.0 Å². The maximum Gasteiger partial charge on any atom is 0.253 e. The molecule has 2 N–H and O–H groups in total. The van der Waals surface area contributed by atoms with E-state index < -0.39 is 5.54 Å². The number of carbonyl (C=O) groups is 2. The van der Waals surface area contributed by atoms with Crippen LogP contribution in [0.15, 0.2) is 61.1 Å². The van der Waals surface area contributed by atoms with Crippen LogP contribution in [0.5, 0.6) is 0 Å². The first-order valence-corrected chi connectivity index (χ1v) is 12.9. The zero-order chi connectivity index (χ0) is 26.6. The Hall–Kier alpha value is -4.17. The molecule has 8 nitrogen and oxygen atoms in total. The Labute approximate surface area is 224 Å². The standard InChI is InChI=1S/C29H27ClN6O2/c1-17-4-9-25-21-14-29(2,11-10-23(21)34-36(25)15-17)33-28(38)20-7-6-19(13-22(20)30)35-16-32-24-8-5-18(12-26(24)35)27(37)31-3/h4-9,12-13,15-16H,10-11,14H2,1-3H3,(H,31,37)(H,33,38). The van der Waals surface area contributed by atoms with Crippen molar-refractivity contribution in [2.24, 2.45) is 0 Å². The number of aryl methyl sites for hydroxylation is 2. The number of pyridine rings is 1. The number of halogens is 1. The highest BCUT2D eigenvalue weighted by atomic mass is 35.5. The Morgan fingerprint density at radius 1 is 1.05 bits per heavy atom. The first-order valence-electron chi connectivity index (χ1n) is 12.5. The van der Waals surface area contributed by atoms with E-state index in [1.54, 1.807) is 43.7 Å². The highest BCUT2D eigenvalue weighted by molar-refractivity contribution is 6.34. The van der Waals surface area contributed by atoms with Crippen molar-refractivity contribution < 1.29 is 9.59 Å². The monoisotopic (exact) mass is 526 g/mol. The zero-order valence-electron chi connectivity index (χ0n) is 21.4. The molecule has 192 valence electrons. The van der Waals surface area contributed by atoms with Gasteiger partial charge in [-0.05, 0) is 81.1 Å². The summed E-state index contributed by atoms with van der Waals surface area (Å²) in [6.45, 7) is 4.13. The number of carbonyl (C=O) groups excluding carboxylic acids is 2. The molecule has 1 aliphatic carbocycles. The molecule has 1 atom stereocenters. The minimum atomic E-state index is -0.419. The predicted molar refractivity (Wildman–Crippen MR) is 147 cm³/mol. The molecule has 5 aromatic rings. The van der Waals surface area contributed by atoms with Gasteiger partial charge >= 0.3 is 0 Å². The Balaban J connectivity index is 1.26. The fourth-order valence-electron chi connectivity index (χ4n) is 5.30. The molecule has 0 fully saturated rings. The lowest BCUT2D eigenvalue weighted by molar-refractivity contribution is 0.0897. The summed E-state index contributed by atoms with van der Waals surface area (Å²) >= 11 is 6.64. The van der Waals surface area contributed by atoms with Crippen molar-refractivity contribution in [3.63, 3.8) is 0 Å². The summed E-state index contributed by atoms with van der Waals surface area (Å²) in [5.74, 6) is -0.385. The number of aromatic nitrogens is 4. The fraction of sp³-hybridized carbons (Fsp3) is 0.241. The van der Waals surface area contributed by atoms with Crippen molar-refractivity contribution in [1.82, 2.24) is 29.8 Å². The van der Waals surface area contributed by atoms with Gasteiger partial charge in [0.25, 0.3) is 11.8 Å². The van der Waals surface area contributed by atoms with E-state index in [9.17, 15) is 9.59 Å². The van der Waals surface area contributed by atoms with E-state index >= 15 is 0 Å². The number of fused-ring (bicyclic) bond motifs is 4. The number of nitrogens with zero attached hydrogens (tertiary/aromatic N) is 4. The highest BCUT2D eigenvalue weighted by Crippen LogP contribution is 2.32. The molecule has 38 heavy (non-hydrogen) atoms. The van der Waals surface area contributed by atoms with Crippen molar-refractivity contribution in [3.8, 4) is 5.69 Å². The lowest BCUT2D eigenvalue weighted by Crippen LogP contribution is -2.49. The molecule has 0 aliphatic heterocycles. The van der Waals surface area contributed by atoms with Crippen LogP contribution in [0.1, 0.15) is 50.9 Å². The van der Waals surface area contributed by atoms with Gasteiger partial charge in [0.15, 0.2) is 0 Å². The number of hydrogen-bond donors (Lipinski definition) is 2. The van der Waals surface area contributed by atoms with Crippen LogP contribution >= 0.6 is 11.6 Å². The van der Waals surface area contributed by atoms with Gasteiger partial charge in [-0.2, -0.15) is 5.10 Å². The molecule has 9 heteroatoms. The lowest BCUT2D eigenvalue weighted by atomic mass is 9.81. The molecule has 3 aromatic heterocycles. The second-order valence-corrected chi connectivity index (χ2v) is 10.6. The summed E-state index contributed by atoms with van der Waals surface area (Å²) < 4.78 is 3.80. The quantitative estimate of drug-likeness (QED) is 0.356.